The van der Waals surface area contributed by atoms with Gasteiger partial charge in [-0.05, 0) is 77.5 Å². The number of carbonyl (C=O) groups excluding carboxylic acids is 3. The lowest BCUT2D eigenvalue weighted by atomic mass is 10.0. The van der Waals surface area contributed by atoms with Crippen LogP contribution in [0.4, 0.5) is 0 Å². The third-order valence-electron chi connectivity index (χ3n) is 4.90. The van der Waals surface area contributed by atoms with Gasteiger partial charge in [0, 0.05) is 16.2 Å². The average Bonchev–Trinajstić information content (AvgIpc) is 2.92. The molecule has 8 heteroatoms. The van der Waals surface area contributed by atoms with Crippen LogP contribution in [-0.4, -0.2) is 35.2 Å². The SMILES string of the molecule is C=COC(=O)CCOc1ccc(SC(=O)c2ccc(-c3ccc(OCCSC(=O)C=C)cc3)cc2)cc1. The summed E-state index contributed by atoms with van der Waals surface area (Å²) in [6.07, 6.45) is 2.50. The number of carbonyl (C=O) groups is 3. The summed E-state index contributed by atoms with van der Waals surface area (Å²) >= 11 is 2.30. The summed E-state index contributed by atoms with van der Waals surface area (Å²) in [6.45, 7) is 7.39. The Morgan fingerprint density at radius 2 is 1.32 bits per heavy atom. The first kappa shape index (κ1) is 27.8. The molecule has 3 aromatic carbocycles. The zero-order valence-electron chi connectivity index (χ0n) is 20.1. The van der Waals surface area contributed by atoms with Crippen LogP contribution in [0.5, 0.6) is 11.5 Å². The molecule has 0 aliphatic rings. The predicted molar refractivity (Wildman–Crippen MR) is 148 cm³/mol. The molecule has 0 amide bonds. The number of hydrogen-bond acceptors (Lipinski definition) is 8. The Hall–Kier alpha value is -3.75. The molecule has 37 heavy (non-hydrogen) atoms. The van der Waals surface area contributed by atoms with E-state index >= 15 is 0 Å². The molecule has 190 valence electrons. The molecule has 0 radical (unpaired) electrons. The normalized spacial score (nSPS) is 10.3. The van der Waals surface area contributed by atoms with Crippen LogP contribution >= 0.6 is 23.5 Å². The van der Waals surface area contributed by atoms with E-state index in [1.165, 1.54) is 17.8 Å². The summed E-state index contributed by atoms with van der Waals surface area (Å²) in [4.78, 5) is 36.0. The van der Waals surface area contributed by atoms with Crippen molar-refractivity contribution < 1.29 is 28.6 Å². The van der Waals surface area contributed by atoms with Gasteiger partial charge in [-0.25, -0.2) is 0 Å². The summed E-state index contributed by atoms with van der Waals surface area (Å²) in [5.74, 6) is 1.48. The molecule has 0 bridgehead atoms. The Kier molecular flexibility index (Phi) is 11.1. The molecule has 0 unspecified atom stereocenters. The molecule has 6 nitrogen and oxygen atoms in total. The van der Waals surface area contributed by atoms with Crippen molar-refractivity contribution in [2.45, 2.75) is 11.3 Å². The Labute approximate surface area is 224 Å². The number of hydrogen-bond donors (Lipinski definition) is 0. The molecule has 0 spiro atoms. The summed E-state index contributed by atoms with van der Waals surface area (Å²) in [6, 6.07) is 22.2. The van der Waals surface area contributed by atoms with Gasteiger partial charge in [-0.15, -0.1) is 0 Å². The van der Waals surface area contributed by atoms with Gasteiger partial charge in [0.1, 0.15) is 11.5 Å². The van der Waals surface area contributed by atoms with E-state index in [9.17, 15) is 14.4 Å². The quantitative estimate of drug-likeness (QED) is 0.0801. The zero-order chi connectivity index (χ0) is 26.5. The van der Waals surface area contributed by atoms with Crippen LogP contribution in [0.3, 0.4) is 0 Å². The van der Waals surface area contributed by atoms with Crippen molar-refractivity contribution in [2.75, 3.05) is 19.0 Å². The zero-order valence-corrected chi connectivity index (χ0v) is 21.7. The second kappa shape index (κ2) is 14.7. The van der Waals surface area contributed by atoms with Gasteiger partial charge < -0.3 is 14.2 Å². The number of benzene rings is 3. The van der Waals surface area contributed by atoms with Crippen LogP contribution in [0.15, 0.2) is 103 Å². The maximum Gasteiger partial charge on any atom is 0.314 e. The Morgan fingerprint density at radius 1 is 0.757 bits per heavy atom. The standard InChI is InChI=1S/C29H26O6S2/c1-3-28(31)36-20-19-35-24-11-9-22(10-12-24)21-5-7-23(8-6-21)29(32)37-26-15-13-25(14-16-26)34-18-17-27(30)33-4-2/h3-16H,1-2,17-20H2. The maximum absolute atomic E-state index is 12.7. The molecule has 0 atom stereocenters. The van der Waals surface area contributed by atoms with Gasteiger partial charge in [0.2, 0.25) is 10.2 Å². The fourth-order valence-corrected chi connectivity index (χ4v) is 4.30. The first-order chi connectivity index (χ1) is 18.0. The van der Waals surface area contributed by atoms with E-state index in [1.807, 2.05) is 48.5 Å². The van der Waals surface area contributed by atoms with Gasteiger partial charge in [-0.1, -0.05) is 49.2 Å². The van der Waals surface area contributed by atoms with Crippen LogP contribution in [-0.2, 0) is 14.3 Å². The van der Waals surface area contributed by atoms with Gasteiger partial charge in [0.25, 0.3) is 0 Å². The lowest BCUT2D eigenvalue weighted by Crippen LogP contribution is -2.06. The summed E-state index contributed by atoms with van der Waals surface area (Å²) in [5, 5.41) is -0.132. The van der Waals surface area contributed by atoms with Crippen molar-refractivity contribution in [2.24, 2.45) is 0 Å². The van der Waals surface area contributed by atoms with E-state index in [1.54, 1.807) is 24.3 Å². The summed E-state index contributed by atoms with van der Waals surface area (Å²) in [7, 11) is 0. The maximum atomic E-state index is 12.7. The van der Waals surface area contributed by atoms with Crippen LogP contribution in [0.1, 0.15) is 16.8 Å². The first-order valence-electron chi connectivity index (χ1n) is 11.4. The minimum atomic E-state index is -0.408. The largest absolute Gasteiger partial charge is 0.493 e. The molecule has 0 aliphatic carbocycles. The van der Waals surface area contributed by atoms with E-state index in [2.05, 4.69) is 17.9 Å². The monoisotopic (exact) mass is 534 g/mol. The lowest BCUT2D eigenvalue weighted by molar-refractivity contribution is -0.138. The average molecular weight is 535 g/mol. The second-order valence-electron chi connectivity index (χ2n) is 7.44. The first-order valence-corrected chi connectivity index (χ1v) is 13.2. The Morgan fingerprint density at radius 3 is 1.92 bits per heavy atom. The number of thioether (sulfide) groups is 2. The van der Waals surface area contributed by atoms with Gasteiger partial charge in [0.15, 0.2) is 0 Å². The van der Waals surface area contributed by atoms with E-state index < -0.39 is 5.97 Å². The van der Waals surface area contributed by atoms with Gasteiger partial charge in [0.05, 0.1) is 25.9 Å². The van der Waals surface area contributed by atoms with E-state index in [0.29, 0.717) is 23.7 Å². The van der Waals surface area contributed by atoms with E-state index in [4.69, 9.17) is 9.47 Å². The fraction of sp³-hybridized carbons (Fsp3) is 0.138. The van der Waals surface area contributed by atoms with Crippen LogP contribution < -0.4 is 9.47 Å². The molecule has 0 saturated heterocycles. The van der Waals surface area contributed by atoms with Crippen molar-refractivity contribution in [3.05, 3.63) is 104 Å². The van der Waals surface area contributed by atoms with E-state index in [0.717, 1.165) is 39.8 Å². The van der Waals surface area contributed by atoms with Crippen molar-refractivity contribution in [3.63, 3.8) is 0 Å². The highest BCUT2D eigenvalue weighted by molar-refractivity contribution is 8.14. The minimum Gasteiger partial charge on any atom is -0.493 e. The van der Waals surface area contributed by atoms with Crippen molar-refractivity contribution in [1.82, 2.24) is 0 Å². The molecule has 3 aromatic rings. The van der Waals surface area contributed by atoms with Gasteiger partial charge in [-0.2, -0.15) is 0 Å². The molecular weight excluding hydrogens is 508 g/mol. The van der Waals surface area contributed by atoms with Crippen molar-refractivity contribution in [3.8, 4) is 22.6 Å². The topological polar surface area (TPSA) is 78.9 Å². The molecule has 0 heterocycles. The number of ether oxygens (including phenoxy) is 3. The second-order valence-corrected chi connectivity index (χ2v) is 9.58. The lowest BCUT2D eigenvalue weighted by Gasteiger charge is -2.08. The van der Waals surface area contributed by atoms with Crippen LogP contribution in [0.25, 0.3) is 11.1 Å². The Balaban J connectivity index is 1.48. The highest BCUT2D eigenvalue weighted by Crippen LogP contribution is 2.27. The Bertz CT molecular complexity index is 1220. The third-order valence-corrected chi connectivity index (χ3v) is 6.65. The summed E-state index contributed by atoms with van der Waals surface area (Å²) < 4.78 is 15.8. The van der Waals surface area contributed by atoms with Gasteiger partial charge >= 0.3 is 5.97 Å². The molecule has 0 aliphatic heterocycles. The predicted octanol–water partition coefficient (Wildman–Crippen LogP) is 6.57. The van der Waals surface area contributed by atoms with Crippen LogP contribution in [0.2, 0.25) is 0 Å². The smallest absolute Gasteiger partial charge is 0.314 e. The molecule has 0 saturated carbocycles. The fourth-order valence-electron chi connectivity index (χ4n) is 3.08. The molecule has 0 fully saturated rings. The summed E-state index contributed by atoms with van der Waals surface area (Å²) in [5.41, 5.74) is 2.59. The minimum absolute atomic E-state index is 0.0658. The number of rotatable bonds is 13. The number of esters is 1. The molecule has 3 rings (SSSR count). The highest BCUT2D eigenvalue weighted by atomic mass is 32.2. The van der Waals surface area contributed by atoms with Crippen LogP contribution in [0, 0.1) is 0 Å². The van der Waals surface area contributed by atoms with E-state index in [-0.39, 0.29) is 23.3 Å². The van der Waals surface area contributed by atoms with Gasteiger partial charge in [-0.3, -0.25) is 14.4 Å². The molecule has 0 N–H and O–H groups in total. The third kappa shape index (κ3) is 9.33. The highest BCUT2D eigenvalue weighted by Gasteiger charge is 2.10. The molecular formula is C29H26O6S2. The van der Waals surface area contributed by atoms with Crippen molar-refractivity contribution >= 4 is 39.7 Å². The molecule has 0 aromatic heterocycles. The van der Waals surface area contributed by atoms with Crippen molar-refractivity contribution in [1.29, 1.82) is 0 Å².